The molecule has 3 aliphatic rings. The third-order valence-corrected chi connectivity index (χ3v) is 5.06. The Labute approximate surface area is 139 Å². The van der Waals surface area contributed by atoms with Crippen LogP contribution >= 0.6 is 0 Å². The first-order valence-corrected chi connectivity index (χ1v) is 7.82. The van der Waals surface area contributed by atoms with Crippen molar-refractivity contribution in [3.63, 3.8) is 0 Å². The van der Waals surface area contributed by atoms with E-state index in [9.17, 15) is 14.4 Å². The van der Waals surface area contributed by atoms with Crippen LogP contribution in [0, 0.1) is 11.8 Å². The van der Waals surface area contributed by atoms with Gasteiger partial charge in [-0.2, -0.15) is 0 Å². The number of amides is 2. The van der Waals surface area contributed by atoms with Gasteiger partial charge in [0, 0.05) is 13.0 Å². The summed E-state index contributed by atoms with van der Waals surface area (Å²) in [6.07, 6.45) is 3.75. The molecule has 3 aliphatic heterocycles. The van der Waals surface area contributed by atoms with Gasteiger partial charge in [-0.05, 0) is 26.0 Å². The minimum Gasteiger partial charge on any atom is -0.427 e. The monoisotopic (exact) mass is 327 g/mol. The summed E-state index contributed by atoms with van der Waals surface area (Å²) in [4.78, 5) is 38.2. The molecule has 1 aromatic rings. The summed E-state index contributed by atoms with van der Waals surface area (Å²) >= 11 is 0. The minimum atomic E-state index is -0.756. The van der Waals surface area contributed by atoms with E-state index < -0.39 is 29.0 Å². The van der Waals surface area contributed by atoms with E-state index in [0.29, 0.717) is 11.4 Å². The topological polar surface area (TPSA) is 72.9 Å². The van der Waals surface area contributed by atoms with Gasteiger partial charge < -0.3 is 9.47 Å². The van der Waals surface area contributed by atoms with E-state index in [0.717, 1.165) is 0 Å². The Bertz CT molecular complexity index is 779. The summed E-state index contributed by atoms with van der Waals surface area (Å²) in [5.41, 5.74) is -1.10. The molecule has 0 aromatic heterocycles. The lowest BCUT2D eigenvalue weighted by molar-refractivity contribution is -0.132. The molecule has 2 amide bonds. The van der Waals surface area contributed by atoms with Gasteiger partial charge in [0.15, 0.2) is 0 Å². The van der Waals surface area contributed by atoms with Crippen LogP contribution in [0.4, 0.5) is 5.69 Å². The first-order valence-electron chi connectivity index (χ1n) is 7.82. The highest BCUT2D eigenvalue weighted by Crippen LogP contribution is 2.57. The summed E-state index contributed by atoms with van der Waals surface area (Å²) < 4.78 is 11.0. The third-order valence-electron chi connectivity index (χ3n) is 5.06. The number of rotatable bonds is 2. The molecule has 0 aliphatic carbocycles. The molecular weight excluding hydrogens is 310 g/mol. The Morgan fingerprint density at radius 2 is 1.71 bits per heavy atom. The number of nitrogens with zero attached hydrogens (tertiary/aromatic N) is 1. The van der Waals surface area contributed by atoms with Crippen molar-refractivity contribution in [2.75, 3.05) is 4.90 Å². The molecule has 0 unspecified atom stereocenters. The van der Waals surface area contributed by atoms with Crippen molar-refractivity contribution in [2.45, 2.75) is 32.0 Å². The zero-order valence-electron chi connectivity index (χ0n) is 13.6. The van der Waals surface area contributed by atoms with E-state index in [2.05, 4.69) is 0 Å². The lowest BCUT2D eigenvalue weighted by Crippen LogP contribution is -2.39. The van der Waals surface area contributed by atoms with Gasteiger partial charge in [-0.15, -0.1) is 0 Å². The summed E-state index contributed by atoms with van der Waals surface area (Å²) in [7, 11) is 0. The van der Waals surface area contributed by atoms with Gasteiger partial charge in [0.1, 0.15) is 5.75 Å². The van der Waals surface area contributed by atoms with Gasteiger partial charge in [-0.1, -0.05) is 18.2 Å². The molecule has 2 fully saturated rings. The standard InChI is InChI=1S/C18H17NO5/c1-10(20)23-12-6-4-5-11(9-12)19-15(21)13-14(16(19)22)18(3)8-7-17(13,2)24-18/h4-9,13-14H,1-3H3/t13-,14-,17-,18-/m0/s1. The summed E-state index contributed by atoms with van der Waals surface area (Å²) in [5, 5.41) is 0. The number of carbonyl (C=O) groups excluding carboxylic acids is 3. The predicted molar refractivity (Wildman–Crippen MR) is 84.3 cm³/mol. The fourth-order valence-corrected chi connectivity index (χ4v) is 4.14. The summed E-state index contributed by atoms with van der Waals surface area (Å²) in [6.45, 7) is 4.97. The molecule has 2 bridgehead atoms. The SMILES string of the molecule is CC(=O)Oc1cccc(N2C(=O)[C@@H]3[C@@H](C2=O)[C@]2(C)C=C[C@]3(C)O2)c1. The van der Waals surface area contributed by atoms with Crippen molar-refractivity contribution in [3.8, 4) is 5.75 Å². The lowest BCUT2D eigenvalue weighted by atomic mass is 9.73. The zero-order chi connectivity index (χ0) is 17.3. The number of hydrogen-bond acceptors (Lipinski definition) is 5. The van der Waals surface area contributed by atoms with E-state index in [1.54, 1.807) is 18.2 Å². The number of benzene rings is 1. The van der Waals surface area contributed by atoms with Crippen molar-refractivity contribution in [1.29, 1.82) is 0 Å². The highest BCUT2D eigenvalue weighted by molar-refractivity contribution is 6.23. The number of ether oxygens (including phenoxy) is 2. The molecule has 2 saturated heterocycles. The highest BCUT2D eigenvalue weighted by Gasteiger charge is 2.70. The average molecular weight is 327 g/mol. The molecule has 24 heavy (non-hydrogen) atoms. The molecule has 0 N–H and O–H groups in total. The van der Waals surface area contributed by atoms with Crippen LogP contribution in [0.25, 0.3) is 0 Å². The second-order valence-electron chi connectivity index (χ2n) is 6.86. The Hall–Kier alpha value is -2.47. The van der Waals surface area contributed by atoms with Crippen molar-refractivity contribution in [3.05, 3.63) is 36.4 Å². The van der Waals surface area contributed by atoms with Crippen LogP contribution in [-0.2, 0) is 19.1 Å². The van der Waals surface area contributed by atoms with E-state index in [-0.39, 0.29) is 11.8 Å². The van der Waals surface area contributed by atoms with Crippen molar-refractivity contribution in [2.24, 2.45) is 11.8 Å². The predicted octanol–water partition coefficient (Wildman–Crippen LogP) is 1.83. The molecular formula is C18H17NO5. The summed E-state index contributed by atoms with van der Waals surface area (Å²) in [5.74, 6) is -1.78. The molecule has 4 atom stereocenters. The zero-order valence-corrected chi connectivity index (χ0v) is 13.6. The molecule has 4 rings (SSSR count). The largest absolute Gasteiger partial charge is 0.427 e. The fourth-order valence-electron chi connectivity index (χ4n) is 4.14. The highest BCUT2D eigenvalue weighted by atomic mass is 16.5. The van der Waals surface area contributed by atoms with Crippen LogP contribution in [-0.4, -0.2) is 29.0 Å². The number of esters is 1. The van der Waals surface area contributed by atoms with Crippen LogP contribution in [0.3, 0.4) is 0 Å². The van der Waals surface area contributed by atoms with Gasteiger partial charge in [0.2, 0.25) is 11.8 Å². The fraction of sp³-hybridized carbons (Fsp3) is 0.389. The lowest BCUT2D eigenvalue weighted by Gasteiger charge is -2.25. The van der Waals surface area contributed by atoms with Crippen molar-refractivity contribution < 1.29 is 23.9 Å². The molecule has 1 aromatic carbocycles. The molecule has 124 valence electrons. The smallest absolute Gasteiger partial charge is 0.308 e. The van der Waals surface area contributed by atoms with Crippen LogP contribution < -0.4 is 9.64 Å². The Morgan fingerprint density at radius 1 is 1.12 bits per heavy atom. The van der Waals surface area contributed by atoms with Crippen LogP contribution in [0.15, 0.2) is 36.4 Å². The first-order chi connectivity index (χ1) is 11.3. The van der Waals surface area contributed by atoms with Gasteiger partial charge in [-0.25, -0.2) is 4.90 Å². The number of carbonyl (C=O) groups is 3. The maximum absolute atomic E-state index is 13.0. The van der Waals surface area contributed by atoms with E-state index in [4.69, 9.17) is 9.47 Å². The van der Waals surface area contributed by atoms with Crippen LogP contribution in [0.5, 0.6) is 5.75 Å². The Kier molecular flexibility index (Phi) is 2.85. The molecule has 0 radical (unpaired) electrons. The van der Waals surface area contributed by atoms with Crippen LogP contribution in [0.2, 0.25) is 0 Å². The second-order valence-corrected chi connectivity index (χ2v) is 6.86. The van der Waals surface area contributed by atoms with Gasteiger partial charge >= 0.3 is 5.97 Å². The van der Waals surface area contributed by atoms with Gasteiger partial charge in [0.25, 0.3) is 0 Å². The maximum Gasteiger partial charge on any atom is 0.308 e. The maximum atomic E-state index is 13.0. The van der Waals surface area contributed by atoms with Gasteiger partial charge in [0.05, 0.1) is 28.7 Å². The molecule has 0 spiro atoms. The van der Waals surface area contributed by atoms with Crippen LogP contribution in [0.1, 0.15) is 20.8 Å². The quantitative estimate of drug-likeness (QED) is 0.359. The number of fused-ring (bicyclic) bond motifs is 5. The first kappa shape index (κ1) is 15.1. The molecule has 3 heterocycles. The van der Waals surface area contributed by atoms with Crippen molar-refractivity contribution >= 4 is 23.5 Å². The van der Waals surface area contributed by atoms with E-state index >= 15 is 0 Å². The Morgan fingerprint density at radius 3 is 2.25 bits per heavy atom. The number of imide groups is 1. The molecule has 0 saturated carbocycles. The second kappa shape index (κ2) is 4.54. The third kappa shape index (κ3) is 1.83. The number of hydrogen-bond donors (Lipinski definition) is 0. The average Bonchev–Trinajstić information content (AvgIpc) is 3.03. The van der Waals surface area contributed by atoms with Crippen molar-refractivity contribution in [1.82, 2.24) is 0 Å². The van der Waals surface area contributed by atoms with E-state index in [1.165, 1.54) is 17.9 Å². The molecule has 6 heteroatoms. The number of anilines is 1. The Balaban J connectivity index is 1.73. The van der Waals surface area contributed by atoms with Gasteiger partial charge in [-0.3, -0.25) is 14.4 Å². The van der Waals surface area contributed by atoms with E-state index in [1.807, 2.05) is 26.0 Å². The minimum absolute atomic E-state index is 0.277. The normalized spacial score (nSPS) is 36.4. The summed E-state index contributed by atoms with van der Waals surface area (Å²) in [6, 6.07) is 6.44. The molecule has 6 nitrogen and oxygen atoms in total.